The summed E-state index contributed by atoms with van der Waals surface area (Å²) in [5, 5.41) is 3.39. The van der Waals surface area contributed by atoms with Crippen LogP contribution in [0.4, 0.5) is 4.79 Å². The number of carbonyl (C=O) groups is 4. The lowest BCUT2D eigenvalue weighted by atomic mass is 9.82. The van der Waals surface area contributed by atoms with Crippen molar-refractivity contribution in [1.29, 1.82) is 0 Å². The molecule has 1 aliphatic heterocycles. The van der Waals surface area contributed by atoms with Crippen LogP contribution < -0.4 is 15.5 Å². The number of amides is 4. The van der Waals surface area contributed by atoms with E-state index in [9.17, 15) is 19.2 Å². The zero-order chi connectivity index (χ0) is 21.6. The molecule has 1 aromatic rings. The van der Waals surface area contributed by atoms with Gasteiger partial charge >= 0.3 is 12.0 Å². The monoisotopic (exact) mass is 417 g/mol. The molecule has 0 bridgehead atoms. The number of ether oxygens (including phenoxy) is 2. The van der Waals surface area contributed by atoms with Gasteiger partial charge in [-0.05, 0) is 37.8 Å². The van der Waals surface area contributed by atoms with Gasteiger partial charge in [-0.2, -0.15) is 5.01 Å². The van der Waals surface area contributed by atoms with Crippen molar-refractivity contribution in [3.8, 4) is 5.75 Å². The minimum absolute atomic E-state index is 0.0730. The van der Waals surface area contributed by atoms with E-state index in [0.717, 1.165) is 24.8 Å². The van der Waals surface area contributed by atoms with Crippen molar-refractivity contribution in [2.24, 2.45) is 0 Å². The number of carbonyl (C=O) groups excluding carboxylic acids is 4. The number of esters is 1. The number of rotatable bonds is 8. The molecule has 2 fully saturated rings. The van der Waals surface area contributed by atoms with E-state index in [0.29, 0.717) is 36.6 Å². The van der Waals surface area contributed by atoms with Crippen LogP contribution in [-0.2, 0) is 25.5 Å². The number of imide groups is 1. The fraction of sp³-hybridized carbons (Fsp3) is 0.524. The van der Waals surface area contributed by atoms with E-state index in [-0.39, 0.29) is 6.42 Å². The van der Waals surface area contributed by atoms with Crippen LogP contribution in [0.15, 0.2) is 24.3 Å². The van der Waals surface area contributed by atoms with Crippen LogP contribution in [0.3, 0.4) is 0 Å². The Kier molecular flexibility index (Phi) is 6.91. The van der Waals surface area contributed by atoms with Gasteiger partial charge in [0.25, 0.3) is 11.8 Å². The quantitative estimate of drug-likeness (QED) is 0.493. The molecule has 2 aliphatic rings. The van der Waals surface area contributed by atoms with Crippen molar-refractivity contribution in [3.05, 3.63) is 29.8 Å². The Morgan fingerprint density at radius 2 is 1.90 bits per heavy atom. The van der Waals surface area contributed by atoms with E-state index in [4.69, 9.17) is 9.47 Å². The maximum absolute atomic E-state index is 12.6. The van der Waals surface area contributed by atoms with Crippen molar-refractivity contribution < 1.29 is 28.7 Å². The summed E-state index contributed by atoms with van der Waals surface area (Å²) < 4.78 is 10.5. The predicted octanol–water partition coefficient (Wildman–Crippen LogP) is 1.85. The van der Waals surface area contributed by atoms with Crippen LogP contribution in [0.25, 0.3) is 0 Å². The highest BCUT2D eigenvalue weighted by atomic mass is 16.5. The number of hydrazine groups is 1. The summed E-state index contributed by atoms with van der Waals surface area (Å²) >= 11 is 0. The summed E-state index contributed by atoms with van der Waals surface area (Å²) in [5.41, 5.74) is 2.19. The first-order valence-corrected chi connectivity index (χ1v) is 10.3. The summed E-state index contributed by atoms with van der Waals surface area (Å²) in [4.78, 5) is 48.8. The number of aryl methyl sites for hydroxylation is 1. The summed E-state index contributed by atoms with van der Waals surface area (Å²) in [6.07, 6.45) is 4.30. The van der Waals surface area contributed by atoms with Crippen LogP contribution in [0.5, 0.6) is 5.75 Å². The molecule has 1 aliphatic carbocycles. The zero-order valence-electron chi connectivity index (χ0n) is 17.1. The largest absolute Gasteiger partial charge is 0.494 e. The molecule has 9 nitrogen and oxygen atoms in total. The number of nitrogens with one attached hydrogen (secondary N) is 2. The number of para-hydroxylation sites is 1. The minimum atomic E-state index is -0.923. The lowest BCUT2D eigenvalue weighted by Crippen LogP contribution is -2.51. The van der Waals surface area contributed by atoms with Gasteiger partial charge in [0.2, 0.25) is 0 Å². The maximum atomic E-state index is 12.6. The first kappa shape index (κ1) is 21.6. The van der Waals surface area contributed by atoms with Crippen LogP contribution in [0.2, 0.25) is 0 Å². The molecule has 30 heavy (non-hydrogen) atoms. The number of benzene rings is 1. The fourth-order valence-corrected chi connectivity index (χ4v) is 3.83. The normalized spacial score (nSPS) is 17.6. The number of nitrogens with zero attached hydrogens (tertiary/aromatic N) is 1. The third-order valence-corrected chi connectivity index (χ3v) is 5.34. The van der Waals surface area contributed by atoms with E-state index in [1.54, 1.807) is 0 Å². The van der Waals surface area contributed by atoms with Gasteiger partial charge in [-0.25, -0.2) is 4.79 Å². The van der Waals surface area contributed by atoms with Crippen molar-refractivity contribution >= 4 is 23.8 Å². The molecular formula is C21H27N3O6. The van der Waals surface area contributed by atoms with Crippen LogP contribution in [0.1, 0.15) is 51.0 Å². The Morgan fingerprint density at radius 3 is 2.63 bits per heavy atom. The van der Waals surface area contributed by atoms with Crippen molar-refractivity contribution in [3.63, 3.8) is 0 Å². The second-order valence-corrected chi connectivity index (χ2v) is 7.45. The highest BCUT2D eigenvalue weighted by molar-refractivity contribution is 6.08. The molecule has 1 spiro atoms. The second-order valence-electron chi connectivity index (χ2n) is 7.45. The van der Waals surface area contributed by atoms with Gasteiger partial charge in [-0.15, -0.1) is 0 Å². The molecule has 1 saturated carbocycles. The molecule has 3 rings (SSSR count). The van der Waals surface area contributed by atoms with Gasteiger partial charge in [0, 0.05) is 6.42 Å². The Morgan fingerprint density at radius 1 is 1.17 bits per heavy atom. The molecule has 1 saturated heterocycles. The molecule has 0 atom stereocenters. The number of hydrogen-bond donors (Lipinski definition) is 2. The summed E-state index contributed by atoms with van der Waals surface area (Å²) in [5.74, 6) is -1.05. The van der Waals surface area contributed by atoms with Crippen molar-refractivity contribution in [1.82, 2.24) is 15.8 Å². The minimum Gasteiger partial charge on any atom is -0.494 e. The smallest absolute Gasteiger partial charge is 0.344 e. The topological polar surface area (TPSA) is 114 Å². The predicted molar refractivity (Wildman–Crippen MR) is 106 cm³/mol. The summed E-state index contributed by atoms with van der Waals surface area (Å²) in [6.45, 7) is 1.83. The van der Waals surface area contributed by atoms with Crippen molar-refractivity contribution in [2.45, 2.75) is 57.4 Å². The highest BCUT2D eigenvalue weighted by Gasteiger charge is 2.52. The third-order valence-electron chi connectivity index (χ3n) is 5.34. The van der Waals surface area contributed by atoms with Gasteiger partial charge in [0.1, 0.15) is 11.3 Å². The van der Waals surface area contributed by atoms with Gasteiger partial charge in [-0.1, -0.05) is 37.5 Å². The van der Waals surface area contributed by atoms with Gasteiger partial charge < -0.3 is 14.8 Å². The maximum Gasteiger partial charge on any atom is 0.344 e. The summed E-state index contributed by atoms with van der Waals surface area (Å²) in [7, 11) is 0. The van der Waals surface area contributed by atoms with E-state index >= 15 is 0 Å². The lowest BCUT2D eigenvalue weighted by molar-refractivity contribution is -0.150. The summed E-state index contributed by atoms with van der Waals surface area (Å²) in [6, 6.07) is 6.74. The molecule has 2 N–H and O–H groups in total. The average Bonchev–Trinajstić information content (AvgIpc) is 2.96. The first-order chi connectivity index (χ1) is 14.4. The standard InChI is InChI=1S/C21H27N3O6/c1-2-29-16-9-5-4-8-15(16)10-11-18(26)30-14-17(25)23-24-19(27)21(22-20(24)28)12-6-3-7-13-21/h4-5,8-9H,2-3,6-7,10-14H2,1H3,(H,22,28)(H,23,25). The van der Waals surface area contributed by atoms with Gasteiger partial charge in [-0.3, -0.25) is 19.8 Å². The molecule has 0 radical (unpaired) electrons. The fourth-order valence-electron chi connectivity index (χ4n) is 3.83. The second kappa shape index (κ2) is 9.60. The Balaban J connectivity index is 1.45. The van der Waals surface area contributed by atoms with Crippen molar-refractivity contribution in [2.75, 3.05) is 13.2 Å². The molecule has 1 aromatic carbocycles. The van der Waals surface area contributed by atoms with Crippen LogP contribution in [0, 0.1) is 0 Å². The third kappa shape index (κ3) is 4.90. The Bertz CT molecular complexity index is 819. The zero-order valence-corrected chi connectivity index (χ0v) is 17.1. The molecule has 162 valence electrons. The van der Waals surface area contributed by atoms with E-state index < -0.39 is 36.0 Å². The molecule has 0 aromatic heterocycles. The van der Waals surface area contributed by atoms with Gasteiger partial charge in [0.15, 0.2) is 6.61 Å². The number of hydrogen-bond acceptors (Lipinski definition) is 6. The SMILES string of the molecule is CCOc1ccccc1CCC(=O)OCC(=O)NN1C(=O)NC2(CCCCC2)C1=O. The number of urea groups is 1. The Labute approximate surface area is 175 Å². The molecular weight excluding hydrogens is 390 g/mol. The van der Waals surface area contributed by atoms with E-state index in [1.807, 2.05) is 31.2 Å². The molecule has 0 unspecified atom stereocenters. The molecule has 4 amide bonds. The average molecular weight is 417 g/mol. The van der Waals surface area contributed by atoms with E-state index in [2.05, 4.69) is 10.7 Å². The highest BCUT2D eigenvalue weighted by Crippen LogP contribution is 2.32. The first-order valence-electron chi connectivity index (χ1n) is 10.3. The van der Waals surface area contributed by atoms with Crippen LogP contribution in [-0.4, -0.2) is 47.6 Å². The van der Waals surface area contributed by atoms with E-state index in [1.165, 1.54) is 0 Å². The molecule has 1 heterocycles. The lowest BCUT2D eigenvalue weighted by Gasteiger charge is -2.30. The van der Waals surface area contributed by atoms with Gasteiger partial charge in [0.05, 0.1) is 6.61 Å². The van der Waals surface area contributed by atoms with Crippen LogP contribution >= 0.6 is 0 Å². The molecule has 9 heteroatoms. The Hall–Kier alpha value is -3.10.